The topological polar surface area (TPSA) is 76.0 Å². The van der Waals surface area contributed by atoms with E-state index in [0.29, 0.717) is 10.8 Å². The van der Waals surface area contributed by atoms with E-state index in [9.17, 15) is 14.7 Å². The highest BCUT2D eigenvalue weighted by molar-refractivity contribution is 8.00. The van der Waals surface area contributed by atoms with Crippen molar-refractivity contribution in [3.05, 3.63) is 29.8 Å². The van der Waals surface area contributed by atoms with Gasteiger partial charge in [-0.1, -0.05) is 5.16 Å². The highest BCUT2D eigenvalue weighted by atomic mass is 32.2. The van der Waals surface area contributed by atoms with Crippen molar-refractivity contribution in [3.8, 4) is 0 Å². The molecule has 0 aliphatic heterocycles. The first kappa shape index (κ1) is 17.7. The van der Waals surface area contributed by atoms with E-state index in [4.69, 9.17) is 0 Å². The van der Waals surface area contributed by atoms with E-state index >= 15 is 0 Å². The lowest BCUT2D eigenvalue weighted by molar-refractivity contribution is -0.140. The largest absolute Gasteiger partial charge is 0.393 e. The molecule has 1 N–H and O–H groups in total. The minimum absolute atomic E-state index is 0.141. The molecule has 0 heterocycles. The molecule has 1 aliphatic carbocycles. The number of benzene rings is 1. The molecular weight excluding hydrogens is 314 g/mol. The third-order valence-corrected chi connectivity index (χ3v) is 5.05. The Labute approximate surface area is 140 Å². The Morgan fingerprint density at radius 3 is 2.30 bits per heavy atom. The van der Waals surface area contributed by atoms with Crippen LogP contribution in [0.4, 0.5) is 0 Å². The van der Waals surface area contributed by atoms with Gasteiger partial charge in [-0.25, -0.2) is 4.79 Å². The molecule has 1 saturated carbocycles. The lowest BCUT2D eigenvalue weighted by Gasteiger charge is -2.24. The van der Waals surface area contributed by atoms with Crippen LogP contribution in [0.15, 0.2) is 34.3 Å². The summed E-state index contributed by atoms with van der Waals surface area (Å²) in [4.78, 5) is 28.4. The molecule has 1 aliphatic rings. The van der Waals surface area contributed by atoms with E-state index in [0.717, 1.165) is 30.6 Å². The fraction of sp³-hybridized carbons (Fsp3) is 0.471. The van der Waals surface area contributed by atoms with Crippen LogP contribution in [-0.2, 0) is 9.63 Å². The summed E-state index contributed by atoms with van der Waals surface area (Å²) in [6, 6.07) is 7.36. The van der Waals surface area contributed by atoms with Crippen molar-refractivity contribution in [1.82, 2.24) is 0 Å². The second-order valence-electron chi connectivity index (χ2n) is 5.66. The van der Waals surface area contributed by atoms with E-state index in [1.54, 1.807) is 23.9 Å². The molecule has 124 valence electrons. The molecule has 0 amide bonds. The van der Waals surface area contributed by atoms with Gasteiger partial charge in [0.25, 0.3) is 0 Å². The van der Waals surface area contributed by atoms with Crippen LogP contribution >= 0.6 is 11.8 Å². The SMILES string of the molecule is CC(=O)O/N=C(\C)C(=O)c1ccc(SC2CCC(O)CC2)cc1. The fourth-order valence-electron chi connectivity index (χ4n) is 2.42. The molecule has 23 heavy (non-hydrogen) atoms. The number of aliphatic hydroxyl groups excluding tert-OH is 1. The van der Waals surface area contributed by atoms with Crippen molar-refractivity contribution in [2.45, 2.75) is 55.8 Å². The average molecular weight is 335 g/mol. The highest BCUT2D eigenvalue weighted by Crippen LogP contribution is 2.33. The second kappa shape index (κ2) is 8.26. The molecule has 0 radical (unpaired) electrons. The zero-order chi connectivity index (χ0) is 16.8. The predicted molar refractivity (Wildman–Crippen MR) is 89.8 cm³/mol. The molecule has 2 rings (SSSR count). The minimum atomic E-state index is -0.554. The van der Waals surface area contributed by atoms with E-state index in [1.807, 2.05) is 12.1 Å². The Hall–Kier alpha value is -1.66. The Morgan fingerprint density at radius 1 is 1.13 bits per heavy atom. The normalized spacial score (nSPS) is 21.8. The summed E-state index contributed by atoms with van der Waals surface area (Å²) in [5.41, 5.74) is 0.656. The smallest absolute Gasteiger partial charge is 0.331 e. The Bertz CT molecular complexity index is 589. The van der Waals surface area contributed by atoms with Crippen LogP contribution in [0.2, 0.25) is 0 Å². The van der Waals surface area contributed by atoms with Crippen LogP contribution in [0, 0.1) is 0 Å². The molecule has 0 aromatic heterocycles. The quantitative estimate of drug-likeness (QED) is 0.387. The maximum atomic E-state index is 12.1. The number of hydrogen-bond donors (Lipinski definition) is 1. The molecule has 1 fully saturated rings. The molecule has 0 saturated heterocycles. The molecule has 1 aromatic carbocycles. The standard InChI is InChI=1S/C17H21NO4S/c1-11(18-22-12(2)19)17(21)13-3-7-15(8-4-13)23-16-9-5-14(20)6-10-16/h3-4,7-8,14,16,20H,5-6,9-10H2,1-2H3/b18-11+. The minimum Gasteiger partial charge on any atom is -0.393 e. The first-order chi connectivity index (χ1) is 11.0. The van der Waals surface area contributed by atoms with Gasteiger partial charge in [0.15, 0.2) is 0 Å². The zero-order valence-electron chi connectivity index (χ0n) is 13.3. The summed E-state index contributed by atoms with van der Waals surface area (Å²) in [6.45, 7) is 2.75. The van der Waals surface area contributed by atoms with Gasteiger partial charge in [-0.2, -0.15) is 0 Å². The van der Waals surface area contributed by atoms with Gasteiger partial charge >= 0.3 is 5.97 Å². The van der Waals surface area contributed by atoms with Crippen LogP contribution in [0.1, 0.15) is 49.9 Å². The van der Waals surface area contributed by atoms with Gasteiger partial charge in [-0.3, -0.25) is 4.79 Å². The van der Waals surface area contributed by atoms with Gasteiger partial charge < -0.3 is 9.94 Å². The van der Waals surface area contributed by atoms with E-state index in [-0.39, 0.29) is 17.6 Å². The number of carbonyl (C=O) groups excluding carboxylic acids is 2. The van der Waals surface area contributed by atoms with E-state index in [2.05, 4.69) is 9.99 Å². The number of hydrogen-bond acceptors (Lipinski definition) is 6. The number of Topliss-reactive ketones (excluding diaryl/α,β-unsaturated/α-hetero) is 1. The number of aliphatic hydroxyl groups is 1. The van der Waals surface area contributed by atoms with E-state index in [1.165, 1.54) is 13.8 Å². The number of nitrogens with zero attached hydrogens (tertiary/aromatic N) is 1. The lowest BCUT2D eigenvalue weighted by atomic mass is 9.97. The maximum absolute atomic E-state index is 12.1. The summed E-state index contributed by atoms with van der Waals surface area (Å²) in [5, 5.41) is 13.6. The van der Waals surface area contributed by atoms with Crippen molar-refractivity contribution in [3.63, 3.8) is 0 Å². The summed E-state index contributed by atoms with van der Waals surface area (Å²) in [5.74, 6) is -0.815. The van der Waals surface area contributed by atoms with Crippen LogP contribution in [-0.4, -0.2) is 33.9 Å². The molecule has 6 heteroatoms. The van der Waals surface area contributed by atoms with Gasteiger partial charge in [-0.05, 0) is 56.9 Å². The summed E-state index contributed by atoms with van der Waals surface area (Å²) < 4.78 is 0. The van der Waals surface area contributed by atoms with Crippen LogP contribution in [0.25, 0.3) is 0 Å². The fourth-order valence-corrected chi connectivity index (χ4v) is 3.61. The Morgan fingerprint density at radius 2 is 1.74 bits per heavy atom. The monoisotopic (exact) mass is 335 g/mol. The molecule has 5 nitrogen and oxygen atoms in total. The van der Waals surface area contributed by atoms with Crippen molar-refractivity contribution in [2.24, 2.45) is 5.16 Å². The average Bonchev–Trinajstić information content (AvgIpc) is 2.55. The summed E-state index contributed by atoms with van der Waals surface area (Å²) >= 11 is 1.79. The molecule has 0 unspecified atom stereocenters. The van der Waals surface area contributed by atoms with E-state index < -0.39 is 5.97 Å². The van der Waals surface area contributed by atoms with Crippen LogP contribution in [0.3, 0.4) is 0 Å². The van der Waals surface area contributed by atoms with Gasteiger partial charge in [0.05, 0.1) is 6.10 Å². The molecule has 0 bridgehead atoms. The zero-order valence-corrected chi connectivity index (χ0v) is 14.1. The highest BCUT2D eigenvalue weighted by Gasteiger charge is 2.20. The number of rotatable bonds is 5. The third kappa shape index (κ3) is 5.48. The lowest BCUT2D eigenvalue weighted by Crippen LogP contribution is -2.19. The van der Waals surface area contributed by atoms with Crippen molar-refractivity contribution in [2.75, 3.05) is 0 Å². The van der Waals surface area contributed by atoms with Crippen LogP contribution in [0.5, 0.6) is 0 Å². The molecular formula is C17H21NO4S. The number of oxime groups is 1. The molecule has 1 aromatic rings. The molecule has 0 atom stereocenters. The number of ketones is 1. The number of carbonyl (C=O) groups is 2. The van der Waals surface area contributed by atoms with Gasteiger partial charge in [0, 0.05) is 22.6 Å². The van der Waals surface area contributed by atoms with Crippen molar-refractivity contribution >= 4 is 29.2 Å². The van der Waals surface area contributed by atoms with Gasteiger partial charge in [0.1, 0.15) is 5.71 Å². The molecule has 0 spiro atoms. The maximum Gasteiger partial charge on any atom is 0.331 e. The van der Waals surface area contributed by atoms with Crippen molar-refractivity contribution < 1.29 is 19.5 Å². The van der Waals surface area contributed by atoms with Crippen molar-refractivity contribution in [1.29, 1.82) is 0 Å². The predicted octanol–water partition coefficient (Wildman–Crippen LogP) is 3.20. The van der Waals surface area contributed by atoms with Gasteiger partial charge in [0.2, 0.25) is 5.78 Å². The summed E-state index contributed by atoms with van der Waals surface area (Å²) in [7, 11) is 0. The first-order valence-electron chi connectivity index (χ1n) is 7.67. The Balaban J connectivity index is 1.95. The summed E-state index contributed by atoms with van der Waals surface area (Å²) in [6.07, 6.45) is 3.60. The number of thioether (sulfide) groups is 1. The second-order valence-corrected chi connectivity index (χ2v) is 7.04. The third-order valence-electron chi connectivity index (χ3n) is 3.70. The van der Waals surface area contributed by atoms with Gasteiger partial charge in [-0.15, -0.1) is 11.8 Å². The first-order valence-corrected chi connectivity index (χ1v) is 8.55. The Kier molecular flexibility index (Phi) is 6.36. The van der Waals surface area contributed by atoms with Crippen LogP contribution < -0.4 is 0 Å².